The lowest BCUT2D eigenvalue weighted by molar-refractivity contribution is -0.170. The van der Waals surface area contributed by atoms with Gasteiger partial charge in [-0.3, -0.25) is 0 Å². The number of benzene rings is 1. The Balaban J connectivity index is 2.48. The van der Waals surface area contributed by atoms with E-state index in [0.717, 1.165) is 5.56 Å². The highest BCUT2D eigenvalue weighted by Gasteiger charge is 2.35. The van der Waals surface area contributed by atoms with Crippen molar-refractivity contribution in [1.82, 2.24) is 0 Å². The molecule has 0 aliphatic heterocycles. The Kier molecular flexibility index (Phi) is 4.21. The minimum atomic E-state index is -4.09. The van der Waals surface area contributed by atoms with Crippen LogP contribution in [0.3, 0.4) is 0 Å². The third-order valence-electron chi connectivity index (χ3n) is 2.58. The number of hydrogen-bond acceptors (Lipinski definition) is 1. The Morgan fingerprint density at radius 2 is 1.75 bits per heavy atom. The molecule has 0 N–H and O–H groups in total. The van der Waals surface area contributed by atoms with Gasteiger partial charge in [0.25, 0.3) is 0 Å². The van der Waals surface area contributed by atoms with Gasteiger partial charge in [-0.15, -0.1) is 0 Å². The molecule has 90 valence electrons. The van der Waals surface area contributed by atoms with Crippen LogP contribution >= 0.6 is 0 Å². The van der Waals surface area contributed by atoms with Gasteiger partial charge in [-0.05, 0) is 30.5 Å². The van der Waals surface area contributed by atoms with Gasteiger partial charge in [0.1, 0.15) is 5.75 Å². The molecule has 0 fully saturated rings. The largest absolute Gasteiger partial charge is 0.497 e. The minimum Gasteiger partial charge on any atom is -0.497 e. The van der Waals surface area contributed by atoms with E-state index in [-0.39, 0.29) is 6.42 Å². The second kappa shape index (κ2) is 5.23. The summed E-state index contributed by atoms with van der Waals surface area (Å²) in [5.74, 6) is -0.540. The molecule has 0 saturated heterocycles. The SMILES string of the molecule is COc1ccc(CCC(C)C(F)(F)F)cc1. The molecule has 0 saturated carbocycles. The summed E-state index contributed by atoms with van der Waals surface area (Å²) in [5, 5.41) is 0. The summed E-state index contributed by atoms with van der Waals surface area (Å²) in [7, 11) is 1.56. The molecular formula is C12H15F3O. The van der Waals surface area contributed by atoms with Gasteiger partial charge in [-0.1, -0.05) is 19.1 Å². The molecule has 4 heteroatoms. The molecule has 1 atom stereocenters. The molecule has 0 bridgehead atoms. The monoisotopic (exact) mass is 232 g/mol. The first kappa shape index (κ1) is 12.9. The molecule has 1 unspecified atom stereocenters. The van der Waals surface area contributed by atoms with Crippen molar-refractivity contribution in [2.24, 2.45) is 5.92 Å². The van der Waals surface area contributed by atoms with E-state index in [0.29, 0.717) is 12.2 Å². The van der Waals surface area contributed by atoms with Crippen LogP contribution in [0.5, 0.6) is 5.75 Å². The van der Waals surface area contributed by atoms with E-state index in [1.807, 2.05) is 0 Å². The summed E-state index contributed by atoms with van der Waals surface area (Å²) in [5.41, 5.74) is 0.900. The summed E-state index contributed by atoms with van der Waals surface area (Å²) in [4.78, 5) is 0. The number of rotatable bonds is 4. The molecule has 1 aromatic rings. The lowest BCUT2D eigenvalue weighted by Crippen LogP contribution is -2.20. The second-order valence-electron chi connectivity index (χ2n) is 3.83. The Hall–Kier alpha value is -1.19. The van der Waals surface area contributed by atoms with Gasteiger partial charge < -0.3 is 4.74 Å². The lowest BCUT2D eigenvalue weighted by Gasteiger charge is -2.15. The highest BCUT2D eigenvalue weighted by atomic mass is 19.4. The zero-order valence-electron chi connectivity index (χ0n) is 9.34. The van der Waals surface area contributed by atoms with Crippen molar-refractivity contribution in [3.63, 3.8) is 0 Å². The van der Waals surface area contributed by atoms with E-state index in [2.05, 4.69) is 0 Å². The summed E-state index contributed by atoms with van der Waals surface area (Å²) in [6, 6.07) is 7.10. The number of aryl methyl sites for hydroxylation is 1. The van der Waals surface area contributed by atoms with Crippen molar-refractivity contribution in [2.45, 2.75) is 25.9 Å². The van der Waals surface area contributed by atoms with Gasteiger partial charge >= 0.3 is 6.18 Å². The fourth-order valence-corrected chi connectivity index (χ4v) is 1.34. The summed E-state index contributed by atoms with van der Waals surface area (Å²) < 4.78 is 41.7. The van der Waals surface area contributed by atoms with Crippen molar-refractivity contribution in [1.29, 1.82) is 0 Å². The van der Waals surface area contributed by atoms with E-state index in [9.17, 15) is 13.2 Å². The normalized spacial score (nSPS) is 13.6. The van der Waals surface area contributed by atoms with Crippen LogP contribution in [-0.4, -0.2) is 13.3 Å². The Labute approximate surface area is 93.2 Å². The van der Waals surface area contributed by atoms with Gasteiger partial charge in [0.05, 0.1) is 13.0 Å². The quantitative estimate of drug-likeness (QED) is 0.766. The molecule has 0 aliphatic carbocycles. The van der Waals surface area contributed by atoms with Crippen molar-refractivity contribution < 1.29 is 17.9 Å². The predicted octanol–water partition coefficient (Wildman–Crippen LogP) is 3.83. The molecular weight excluding hydrogens is 217 g/mol. The van der Waals surface area contributed by atoms with Crippen LogP contribution in [0.15, 0.2) is 24.3 Å². The maximum Gasteiger partial charge on any atom is 0.391 e. The molecule has 1 nitrogen and oxygen atoms in total. The Bertz CT molecular complexity index is 316. The number of alkyl halides is 3. The first-order chi connectivity index (χ1) is 7.43. The average molecular weight is 232 g/mol. The fourth-order valence-electron chi connectivity index (χ4n) is 1.34. The van der Waals surface area contributed by atoms with Gasteiger partial charge in [-0.25, -0.2) is 0 Å². The molecule has 0 radical (unpaired) electrons. The molecule has 0 amide bonds. The van der Waals surface area contributed by atoms with E-state index in [4.69, 9.17) is 4.74 Å². The van der Waals surface area contributed by atoms with Crippen molar-refractivity contribution in [3.8, 4) is 5.75 Å². The lowest BCUT2D eigenvalue weighted by atomic mass is 10.0. The number of halogens is 3. The van der Waals surface area contributed by atoms with Crippen molar-refractivity contribution >= 4 is 0 Å². The van der Waals surface area contributed by atoms with Crippen LogP contribution in [0, 0.1) is 5.92 Å². The van der Waals surface area contributed by atoms with Gasteiger partial charge in [0, 0.05) is 0 Å². The summed E-state index contributed by atoms with van der Waals surface area (Å²) in [6.45, 7) is 1.21. The number of ether oxygens (including phenoxy) is 1. The molecule has 0 heterocycles. The van der Waals surface area contributed by atoms with Crippen LogP contribution in [0.2, 0.25) is 0 Å². The Morgan fingerprint density at radius 3 is 2.19 bits per heavy atom. The zero-order valence-corrected chi connectivity index (χ0v) is 9.34. The van der Waals surface area contributed by atoms with Crippen LogP contribution in [0.25, 0.3) is 0 Å². The van der Waals surface area contributed by atoms with Crippen molar-refractivity contribution in [3.05, 3.63) is 29.8 Å². The molecule has 1 rings (SSSR count). The van der Waals surface area contributed by atoms with Crippen LogP contribution < -0.4 is 4.74 Å². The highest BCUT2D eigenvalue weighted by Crippen LogP contribution is 2.29. The van der Waals surface area contributed by atoms with E-state index in [1.54, 1.807) is 31.4 Å². The van der Waals surface area contributed by atoms with Crippen molar-refractivity contribution in [2.75, 3.05) is 7.11 Å². The van der Waals surface area contributed by atoms with Crippen LogP contribution in [-0.2, 0) is 6.42 Å². The van der Waals surface area contributed by atoms with E-state index in [1.165, 1.54) is 6.92 Å². The standard InChI is InChI=1S/C12H15F3O/c1-9(12(13,14)15)3-4-10-5-7-11(16-2)8-6-10/h5-9H,3-4H2,1-2H3. The second-order valence-corrected chi connectivity index (χ2v) is 3.83. The molecule has 0 spiro atoms. The van der Waals surface area contributed by atoms with E-state index < -0.39 is 12.1 Å². The molecule has 0 aliphatic rings. The first-order valence-corrected chi connectivity index (χ1v) is 5.13. The maximum absolute atomic E-state index is 12.3. The predicted molar refractivity (Wildman–Crippen MR) is 56.5 cm³/mol. The van der Waals surface area contributed by atoms with Gasteiger partial charge in [-0.2, -0.15) is 13.2 Å². The molecule has 16 heavy (non-hydrogen) atoms. The molecule has 1 aromatic carbocycles. The van der Waals surface area contributed by atoms with Gasteiger partial charge in [0.2, 0.25) is 0 Å². The first-order valence-electron chi connectivity index (χ1n) is 5.13. The third kappa shape index (κ3) is 3.76. The number of hydrogen-bond donors (Lipinski definition) is 0. The summed E-state index contributed by atoms with van der Waals surface area (Å²) >= 11 is 0. The highest BCUT2D eigenvalue weighted by molar-refractivity contribution is 5.27. The maximum atomic E-state index is 12.3. The zero-order chi connectivity index (χ0) is 12.2. The van der Waals surface area contributed by atoms with Crippen LogP contribution in [0.4, 0.5) is 13.2 Å². The topological polar surface area (TPSA) is 9.23 Å². The smallest absolute Gasteiger partial charge is 0.391 e. The average Bonchev–Trinajstić information content (AvgIpc) is 2.25. The third-order valence-corrected chi connectivity index (χ3v) is 2.58. The Morgan fingerprint density at radius 1 is 1.19 bits per heavy atom. The fraction of sp³-hybridized carbons (Fsp3) is 0.500. The molecule has 0 aromatic heterocycles. The van der Waals surface area contributed by atoms with Gasteiger partial charge in [0.15, 0.2) is 0 Å². The minimum absolute atomic E-state index is 0.121. The summed E-state index contributed by atoms with van der Waals surface area (Å²) in [6.07, 6.45) is -3.53. The van der Waals surface area contributed by atoms with E-state index >= 15 is 0 Å². The van der Waals surface area contributed by atoms with Crippen LogP contribution in [0.1, 0.15) is 18.9 Å². The number of methoxy groups -OCH3 is 1.